The minimum Gasteiger partial charge on any atom is -0.447 e. The fourth-order valence-electron chi connectivity index (χ4n) is 2.61. The topological polar surface area (TPSA) is 49.8 Å². The molecule has 2 aliphatic rings. The summed E-state index contributed by atoms with van der Waals surface area (Å²) in [6, 6.07) is 0. The molecule has 0 aromatic carbocycles. The van der Waals surface area contributed by atoms with E-state index in [0.29, 0.717) is 11.8 Å². The van der Waals surface area contributed by atoms with Gasteiger partial charge in [0, 0.05) is 13.1 Å². The van der Waals surface area contributed by atoms with E-state index in [1.54, 1.807) is 4.90 Å². The van der Waals surface area contributed by atoms with Gasteiger partial charge in [-0.3, -0.25) is 0 Å². The lowest BCUT2D eigenvalue weighted by Gasteiger charge is -2.16. The Morgan fingerprint density at radius 1 is 1.36 bits per heavy atom. The summed E-state index contributed by atoms with van der Waals surface area (Å²) in [6.45, 7) is 1.74. The molecule has 0 bridgehead atoms. The summed E-state index contributed by atoms with van der Waals surface area (Å²) in [6.07, 6.45) is 3.58. The molecule has 2 fully saturated rings. The van der Waals surface area contributed by atoms with Gasteiger partial charge in [0.05, 0.1) is 6.61 Å². The highest BCUT2D eigenvalue weighted by Gasteiger charge is 2.38. The molecule has 4 nitrogen and oxygen atoms in total. The second-order valence-electron chi connectivity index (χ2n) is 4.19. The first kappa shape index (κ1) is 9.77. The van der Waals surface area contributed by atoms with E-state index in [1.165, 1.54) is 19.3 Å². The molecular formula is C10H17NO3. The molecule has 1 N–H and O–H groups in total. The van der Waals surface area contributed by atoms with Crippen molar-refractivity contribution in [1.29, 1.82) is 0 Å². The maximum atomic E-state index is 11.4. The van der Waals surface area contributed by atoms with Crippen molar-refractivity contribution in [3.63, 3.8) is 0 Å². The van der Waals surface area contributed by atoms with Crippen LogP contribution in [0.4, 0.5) is 4.79 Å². The maximum Gasteiger partial charge on any atom is 0.409 e. The van der Waals surface area contributed by atoms with Crippen LogP contribution in [0.15, 0.2) is 0 Å². The number of carbonyl (C=O) groups excluding carboxylic acids is 1. The summed E-state index contributed by atoms with van der Waals surface area (Å²) in [7, 11) is 0. The summed E-state index contributed by atoms with van der Waals surface area (Å²) in [4.78, 5) is 13.2. The Hall–Kier alpha value is -0.770. The van der Waals surface area contributed by atoms with Crippen molar-refractivity contribution in [1.82, 2.24) is 4.90 Å². The molecule has 80 valence electrons. The summed E-state index contributed by atoms with van der Waals surface area (Å²) < 4.78 is 4.88. The molecule has 2 rings (SSSR count). The smallest absolute Gasteiger partial charge is 0.409 e. The quantitative estimate of drug-likeness (QED) is 0.717. The van der Waals surface area contributed by atoms with Crippen molar-refractivity contribution in [2.75, 3.05) is 26.3 Å². The molecule has 1 saturated carbocycles. The van der Waals surface area contributed by atoms with Gasteiger partial charge in [0.2, 0.25) is 0 Å². The van der Waals surface area contributed by atoms with Crippen molar-refractivity contribution in [3.8, 4) is 0 Å². The number of amides is 1. The molecule has 14 heavy (non-hydrogen) atoms. The highest BCUT2D eigenvalue weighted by molar-refractivity contribution is 5.68. The van der Waals surface area contributed by atoms with Crippen LogP contribution in [-0.2, 0) is 4.74 Å². The number of hydrogen-bond donors (Lipinski definition) is 1. The summed E-state index contributed by atoms with van der Waals surface area (Å²) >= 11 is 0. The number of aliphatic hydroxyl groups excluding tert-OH is 1. The van der Waals surface area contributed by atoms with E-state index < -0.39 is 0 Å². The average molecular weight is 199 g/mol. The Bertz CT molecular complexity index is 207. The normalized spacial score (nSPS) is 30.5. The van der Waals surface area contributed by atoms with Gasteiger partial charge in [-0.15, -0.1) is 0 Å². The third kappa shape index (κ3) is 1.85. The molecule has 4 heteroatoms. The van der Waals surface area contributed by atoms with Crippen LogP contribution >= 0.6 is 0 Å². The van der Waals surface area contributed by atoms with E-state index in [-0.39, 0.29) is 19.3 Å². The highest BCUT2D eigenvalue weighted by atomic mass is 16.6. The number of hydrogen-bond acceptors (Lipinski definition) is 3. The number of ether oxygens (including phenoxy) is 1. The lowest BCUT2D eigenvalue weighted by atomic mass is 10.0. The number of rotatable bonds is 2. The van der Waals surface area contributed by atoms with Crippen molar-refractivity contribution in [2.45, 2.75) is 19.3 Å². The van der Waals surface area contributed by atoms with Gasteiger partial charge in [0.15, 0.2) is 0 Å². The minimum absolute atomic E-state index is 0.0908. The Kier molecular flexibility index (Phi) is 2.91. The second-order valence-corrected chi connectivity index (χ2v) is 4.19. The Morgan fingerprint density at radius 3 is 2.57 bits per heavy atom. The molecule has 1 heterocycles. The minimum atomic E-state index is -0.256. The molecule has 0 aromatic rings. The lowest BCUT2D eigenvalue weighted by Crippen LogP contribution is -2.30. The molecule has 1 aliphatic heterocycles. The molecular weight excluding hydrogens is 182 g/mol. The van der Waals surface area contributed by atoms with Crippen LogP contribution in [0, 0.1) is 11.8 Å². The predicted molar refractivity (Wildman–Crippen MR) is 50.8 cm³/mol. The van der Waals surface area contributed by atoms with Gasteiger partial charge in [-0.2, -0.15) is 0 Å². The lowest BCUT2D eigenvalue weighted by molar-refractivity contribution is 0.0885. The molecule has 1 amide bonds. The van der Waals surface area contributed by atoms with Gasteiger partial charge in [-0.05, 0) is 24.7 Å². The van der Waals surface area contributed by atoms with Crippen LogP contribution < -0.4 is 0 Å². The first-order valence-corrected chi connectivity index (χ1v) is 5.34. The first-order valence-electron chi connectivity index (χ1n) is 5.34. The number of carbonyl (C=O) groups is 1. The van der Waals surface area contributed by atoms with Crippen molar-refractivity contribution >= 4 is 6.09 Å². The summed E-state index contributed by atoms with van der Waals surface area (Å²) in [5, 5.41) is 8.52. The summed E-state index contributed by atoms with van der Waals surface area (Å²) in [5.74, 6) is 1.41. The van der Waals surface area contributed by atoms with Crippen molar-refractivity contribution < 1.29 is 14.6 Å². The van der Waals surface area contributed by atoms with Crippen LogP contribution in [0.25, 0.3) is 0 Å². The summed E-state index contributed by atoms with van der Waals surface area (Å²) in [5.41, 5.74) is 0. The second kappa shape index (κ2) is 4.17. The molecule has 2 unspecified atom stereocenters. The van der Waals surface area contributed by atoms with E-state index in [0.717, 1.165) is 13.1 Å². The number of nitrogens with zero attached hydrogens (tertiary/aromatic N) is 1. The largest absolute Gasteiger partial charge is 0.447 e. The van der Waals surface area contributed by atoms with Gasteiger partial charge >= 0.3 is 6.09 Å². The van der Waals surface area contributed by atoms with Gasteiger partial charge in [-0.1, -0.05) is 6.42 Å². The number of likely N-dealkylation sites (tertiary alicyclic amines) is 1. The molecule has 2 atom stereocenters. The zero-order valence-electron chi connectivity index (χ0n) is 8.32. The van der Waals surface area contributed by atoms with Gasteiger partial charge in [0.25, 0.3) is 0 Å². The first-order chi connectivity index (χ1) is 6.81. The van der Waals surface area contributed by atoms with Crippen LogP contribution in [0.2, 0.25) is 0 Å². The molecule has 0 aromatic heterocycles. The maximum absolute atomic E-state index is 11.4. The molecule has 0 radical (unpaired) electrons. The molecule has 1 saturated heterocycles. The Labute approximate surface area is 83.8 Å². The van der Waals surface area contributed by atoms with Crippen molar-refractivity contribution in [3.05, 3.63) is 0 Å². The van der Waals surface area contributed by atoms with Crippen LogP contribution in [0.1, 0.15) is 19.3 Å². The monoisotopic (exact) mass is 199 g/mol. The van der Waals surface area contributed by atoms with E-state index >= 15 is 0 Å². The van der Waals surface area contributed by atoms with E-state index in [9.17, 15) is 4.79 Å². The molecule has 0 spiro atoms. The standard InChI is InChI=1S/C10H17NO3/c12-4-5-14-10(13)11-6-8-2-1-3-9(8)7-11/h8-9,12H,1-7H2. The predicted octanol–water partition coefficient (Wildman–Crippen LogP) is 0.847. The SMILES string of the molecule is O=C(OCCO)N1CC2CCCC2C1. The Morgan fingerprint density at radius 2 is 2.00 bits per heavy atom. The Balaban J connectivity index is 1.80. The van der Waals surface area contributed by atoms with E-state index in [1.807, 2.05) is 0 Å². The van der Waals surface area contributed by atoms with Crippen LogP contribution in [0.5, 0.6) is 0 Å². The number of fused-ring (bicyclic) bond motifs is 1. The van der Waals surface area contributed by atoms with Gasteiger partial charge < -0.3 is 14.7 Å². The van der Waals surface area contributed by atoms with Crippen molar-refractivity contribution in [2.24, 2.45) is 11.8 Å². The fraction of sp³-hybridized carbons (Fsp3) is 0.900. The van der Waals surface area contributed by atoms with Gasteiger partial charge in [-0.25, -0.2) is 4.79 Å². The number of aliphatic hydroxyl groups is 1. The van der Waals surface area contributed by atoms with Crippen LogP contribution in [-0.4, -0.2) is 42.4 Å². The van der Waals surface area contributed by atoms with Crippen LogP contribution in [0.3, 0.4) is 0 Å². The zero-order valence-corrected chi connectivity index (χ0v) is 8.32. The fourth-order valence-corrected chi connectivity index (χ4v) is 2.61. The van der Waals surface area contributed by atoms with E-state index in [4.69, 9.17) is 9.84 Å². The molecule has 1 aliphatic carbocycles. The third-order valence-corrected chi connectivity index (χ3v) is 3.30. The van der Waals surface area contributed by atoms with E-state index in [2.05, 4.69) is 0 Å². The zero-order chi connectivity index (χ0) is 9.97. The average Bonchev–Trinajstić information content (AvgIpc) is 2.72. The van der Waals surface area contributed by atoms with Gasteiger partial charge in [0.1, 0.15) is 6.61 Å². The highest BCUT2D eigenvalue weighted by Crippen LogP contribution is 2.37. The third-order valence-electron chi connectivity index (χ3n) is 3.30.